The normalized spacial score (nSPS) is 18.8. The number of rotatable bonds is 10. The lowest BCUT2D eigenvalue weighted by atomic mass is 9.99. The van der Waals surface area contributed by atoms with Crippen LogP contribution in [0.3, 0.4) is 0 Å². The third-order valence-corrected chi connectivity index (χ3v) is 9.94. The lowest BCUT2D eigenvalue weighted by Gasteiger charge is -2.33. The van der Waals surface area contributed by atoms with Crippen LogP contribution in [0.4, 0.5) is 13.2 Å². The summed E-state index contributed by atoms with van der Waals surface area (Å²) in [4.78, 5) is 41.4. The minimum atomic E-state index is -4.53. The fourth-order valence-electron chi connectivity index (χ4n) is 6.62. The van der Waals surface area contributed by atoms with E-state index in [2.05, 4.69) is 15.1 Å². The topological polar surface area (TPSA) is 137 Å². The number of β-amino-alcohol motifs (C(OH)–C–C–N with tert-alkyl or cyclic N) is 1. The van der Waals surface area contributed by atoms with E-state index in [1.165, 1.54) is 35.7 Å². The van der Waals surface area contributed by atoms with Crippen LogP contribution in [0.15, 0.2) is 23.1 Å². The molecule has 252 valence electrons. The minimum Gasteiger partial charge on any atom is -0.390 e. The van der Waals surface area contributed by atoms with Crippen LogP contribution >= 0.6 is 11.8 Å². The van der Waals surface area contributed by atoms with Crippen molar-refractivity contribution < 1.29 is 32.7 Å². The molecule has 1 atom stereocenters. The van der Waals surface area contributed by atoms with Crippen molar-refractivity contribution in [3.63, 3.8) is 0 Å². The summed E-state index contributed by atoms with van der Waals surface area (Å²) in [6.45, 7) is 6.33. The third kappa shape index (κ3) is 8.41. The van der Waals surface area contributed by atoms with Crippen LogP contribution in [-0.2, 0) is 40.1 Å². The van der Waals surface area contributed by atoms with Crippen molar-refractivity contribution in [1.82, 2.24) is 29.8 Å². The molecule has 3 aliphatic rings. The second kappa shape index (κ2) is 14.7. The fraction of sp³-hybridized carbons (Fsp3) is 0.613. The number of carbonyl (C=O) groups is 3. The highest BCUT2D eigenvalue weighted by Gasteiger charge is 2.35. The van der Waals surface area contributed by atoms with Crippen molar-refractivity contribution in [2.75, 3.05) is 51.6 Å². The first-order valence-corrected chi connectivity index (χ1v) is 16.8. The summed E-state index contributed by atoms with van der Waals surface area (Å²) in [6, 6.07) is 4.09. The standard InChI is InChI=1S/C31H42F3N7O4S/c1-20(42)36-22-6-11-39(12-7-22)17-23(43)18-41-26-8-13-40(30(45)29(35)44)19-24(26)28(37-41)21-4-5-25(31(32,33)34)27(16-21)46-15-14-38-9-2-3-10-38/h4-5,16,22-23,43H,2-3,6-15,17-19H2,1H3,(H2,35,44)(H,36,42)/t23-/m0/s1. The number of hydrogen-bond acceptors (Lipinski definition) is 8. The average molecular weight is 666 g/mol. The highest BCUT2D eigenvalue weighted by atomic mass is 32.2. The van der Waals surface area contributed by atoms with Gasteiger partial charge in [0.2, 0.25) is 5.91 Å². The summed E-state index contributed by atoms with van der Waals surface area (Å²) in [6.07, 6.45) is -1.21. The molecule has 4 heterocycles. The van der Waals surface area contributed by atoms with Gasteiger partial charge in [-0.25, -0.2) is 0 Å². The summed E-state index contributed by atoms with van der Waals surface area (Å²) in [5.41, 5.74) is 6.83. The van der Waals surface area contributed by atoms with Gasteiger partial charge in [0.1, 0.15) is 0 Å². The maximum atomic E-state index is 14.0. The van der Waals surface area contributed by atoms with Gasteiger partial charge in [-0.2, -0.15) is 18.3 Å². The number of likely N-dealkylation sites (tertiary alicyclic amines) is 2. The molecular weight excluding hydrogens is 623 g/mol. The lowest BCUT2D eigenvalue weighted by molar-refractivity contribution is -0.144. The van der Waals surface area contributed by atoms with E-state index in [9.17, 15) is 32.7 Å². The van der Waals surface area contributed by atoms with Crippen molar-refractivity contribution in [1.29, 1.82) is 0 Å². The van der Waals surface area contributed by atoms with Gasteiger partial charge >= 0.3 is 18.0 Å². The monoisotopic (exact) mass is 665 g/mol. The van der Waals surface area contributed by atoms with E-state index in [0.29, 0.717) is 42.1 Å². The van der Waals surface area contributed by atoms with Crippen molar-refractivity contribution in [3.05, 3.63) is 35.0 Å². The molecule has 11 nitrogen and oxygen atoms in total. The third-order valence-electron chi connectivity index (χ3n) is 8.90. The van der Waals surface area contributed by atoms with Crippen LogP contribution in [0.1, 0.15) is 49.4 Å². The van der Waals surface area contributed by atoms with Crippen LogP contribution in [0.2, 0.25) is 0 Å². The van der Waals surface area contributed by atoms with Crippen molar-refractivity contribution >= 4 is 29.5 Å². The zero-order chi connectivity index (χ0) is 33.0. The van der Waals surface area contributed by atoms with Crippen LogP contribution < -0.4 is 11.1 Å². The Hall–Kier alpha value is -3.14. The molecule has 4 N–H and O–H groups in total. The second-order valence-electron chi connectivity index (χ2n) is 12.3. The number of nitrogens with zero attached hydrogens (tertiary/aromatic N) is 5. The molecule has 5 rings (SSSR count). The number of nitrogens with two attached hydrogens (primary N) is 1. The molecule has 15 heteroatoms. The fourth-order valence-corrected chi connectivity index (χ4v) is 7.74. The largest absolute Gasteiger partial charge is 0.417 e. The first kappa shape index (κ1) is 34.2. The molecule has 2 fully saturated rings. The number of amides is 3. The number of alkyl halides is 3. The number of fused-ring (bicyclic) bond motifs is 1. The Labute approximate surface area is 270 Å². The predicted molar refractivity (Wildman–Crippen MR) is 167 cm³/mol. The Morgan fingerprint density at radius 1 is 1.09 bits per heavy atom. The first-order chi connectivity index (χ1) is 21.9. The maximum Gasteiger partial charge on any atom is 0.417 e. The quantitative estimate of drug-likeness (QED) is 0.259. The van der Waals surface area contributed by atoms with E-state index in [-0.39, 0.29) is 36.5 Å². The van der Waals surface area contributed by atoms with E-state index in [4.69, 9.17) is 10.8 Å². The Balaban J connectivity index is 1.39. The van der Waals surface area contributed by atoms with E-state index in [1.807, 2.05) is 0 Å². The van der Waals surface area contributed by atoms with E-state index in [0.717, 1.165) is 63.6 Å². The molecule has 0 spiro atoms. The number of primary amides is 1. The zero-order valence-corrected chi connectivity index (χ0v) is 26.8. The van der Waals surface area contributed by atoms with Gasteiger partial charge < -0.3 is 30.9 Å². The maximum absolute atomic E-state index is 14.0. The van der Waals surface area contributed by atoms with Gasteiger partial charge in [-0.1, -0.05) is 6.07 Å². The smallest absolute Gasteiger partial charge is 0.390 e. The number of aromatic nitrogens is 2. The van der Waals surface area contributed by atoms with Crippen molar-refractivity contribution in [2.45, 2.75) is 75.3 Å². The highest BCUT2D eigenvalue weighted by molar-refractivity contribution is 7.99. The van der Waals surface area contributed by atoms with E-state index < -0.39 is 29.7 Å². The van der Waals surface area contributed by atoms with Gasteiger partial charge in [0.25, 0.3) is 0 Å². The number of carbonyl (C=O) groups excluding carboxylic acids is 3. The number of aliphatic hydroxyl groups is 1. The highest BCUT2D eigenvalue weighted by Crippen LogP contribution is 2.40. The molecule has 0 aliphatic carbocycles. The molecule has 1 aromatic carbocycles. The van der Waals surface area contributed by atoms with Crippen molar-refractivity contribution in [2.24, 2.45) is 5.73 Å². The van der Waals surface area contributed by atoms with Gasteiger partial charge in [0, 0.05) is 79.6 Å². The van der Waals surface area contributed by atoms with Crippen LogP contribution in [-0.4, -0.2) is 111 Å². The molecule has 1 aromatic heterocycles. The molecule has 0 bridgehead atoms. The molecular formula is C31H42F3N7O4S. The molecule has 2 aromatic rings. The summed E-state index contributed by atoms with van der Waals surface area (Å²) in [5, 5.41) is 18.8. The number of hydrogen-bond donors (Lipinski definition) is 3. The predicted octanol–water partition coefficient (Wildman–Crippen LogP) is 2.09. The Morgan fingerprint density at radius 2 is 1.80 bits per heavy atom. The molecule has 0 saturated carbocycles. The van der Waals surface area contributed by atoms with Gasteiger partial charge in [-0.3, -0.25) is 19.1 Å². The Bertz CT molecular complexity index is 1420. The van der Waals surface area contributed by atoms with Gasteiger partial charge in [-0.05, 0) is 50.9 Å². The van der Waals surface area contributed by atoms with Gasteiger partial charge in [0.15, 0.2) is 0 Å². The van der Waals surface area contributed by atoms with E-state index >= 15 is 0 Å². The van der Waals surface area contributed by atoms with Gasteiger partial charge in [-0.15, -0.1) is 11.8 Å². The SMILES string of the molecule is CC(=O)NC1CCN(C[C@H](O)Cn2nc(-c3ccc(C(F)(F)F)c(SCCN4CCCC4)c3)c3c2CCN(C(=O)C(N)=O)C3)CC1. The van der Waals surface area contributed by atoms with Crippen molar-refractivity contribution in [3.8, 4) is 11.3 Å². The first-order valence-electron chi connectivity index (χ1n) is 15.8. The minimum absolute atomic E-state index is 0.0255. The zero-order valence-electron chi connectivity index (χ0n) is 26.0. The second-order valence-corrected chi connectivity index (χ2v) is 13.5. The van der Waals surface area contributed by atoms with Crippen LogP contribution in [0.25, 0.3) is 11.3 Å². The Morgan fingerprint density at radius 3 is 2.46 bits per heavy atom. The summed E-state index contributed by atoms with van der Waals surface area (Å²) < 4.78 is 43.8. The number of halogens is 3. The molecule has 0 unspecified atom stereocenters. The summed E-state index contributed by atoms with van der Waals surface area (Å²) >= 11 is 1.17. The number of thioether (sulfide) groups is 1. The molecule has 3 aliphatic heterocycles. The number of benzene rings is 1. The summed E-state index contributed by atoms with van der Waals surface area (Å²) in [7, 11) is 0. The van der Waals surface area contributed by atoms with Crippen LogP contribution in [0.5, 0.6) is 0 Å². The number of aliphatic hydroxyl groups excluding tert-OH is 1. The molecule has 2 saturated heterocycles. The lowest BCUT2D eigenvalue weighted by Crippen LogP contribution is -2.46. The van der Waals surface area contributed by atoms with Gasteiger partial charge in [0.05, 0.1) is 30.5 Å². The van der Waals surface area contributed by atoms with Crippen LogP contribution in [0, 0.1) is 0 Å². The number of nitrogens with one attached hydrogen (secondary N) is 1. The Kier molecular flexibility index (Phi) is 11.0. The summed E-state index contributed by atoms with van der Waals surface area (Å²) in [5.74, 6) is -1.47. The average Bonchev–Trinajstić information content (AvgIpc) is 3.65. The number of piperidine rings is 1. The molecule has 0 radical (unpaired) electrons. The molecule has 46 heavy (non-hydrogen) atoms. The molecule has 3 amide bonds. The van der Waals surface area contributed by atoms with E-state index in [1.54, 1.807) is 4.68 Å².